The van der Waals surface area contributed by atoms with E-state index in [2.05, 4.69) is 44.0 Å². The van der Waals surface area contributed by atoms with Crippen LogP contribution < -0.4 is 0 Å². The van der Waals surface area contributed by atoms with Gasteiger partial charge in [-0.05, 0) is 25.5 Å². The molecule has 3 rings (SSSR count). The van der Waals surface area contributed by atoms with E-state index in [4.69, 9.17) is 4.52 Å². The van der Waals surface area contributed by atoms with Gasteiger partial charge in [0, 0.05) is 5.92 Å². The molecule has 120 valence electrons. The third-order valence-electron chi connectivity index (χ3n) is 3.48. The summed E-state index contributed by atoms with van der Waals surface area (Å²) in [6, 6.07) is 8.19. The monoisotopic (exact) mass is 329 g/mol. The average molecular weight is 329 g/mol. The molecule has 3 aromatic rings. The number of hydrogen-bond donors (Lipinski definition) is 0. The zero-order chi connectivity index (χ0) is 16.4. The van der Waals surface area contributed by atoms with E-state index in [9.17, 15) is 0 Å². The first-order valence-corrected chi connectivity index (χ1v) is 8.48. The Morgan fingerprint density at radius 1 is 1.17 bits per heavy atom. The van der Waals surface area contributed by atoms with Gasteiger partial charge in [0.25, 0.3) is 0 Å². The molecule has 2 heterocycles. The molecule has 0 bridgehead atoms. The average Bonchev–Trinajstić information content (AvgIpc) is 3.13. The molecule has 0 spiro atoms. The summed E-state index contributed by atoms with van der Waals surface area (Å²) in [5.74, 6) is 3.03. The van der Waals surface area contributed by atoms with Crippen LogP contribution in [-0.2, 0) is 5.75 Å². The van der Waals surface area contributed by atoms with Crippen LogP contribution in [0.25, 0.3) is 5.69 Å². The van der Waals surface area contributed by atoms with E-state index in [-0.39, 0.29) is 5.92 Å². The molecule has 2 aromatic heterocycles. The van der Waals surface area contributed by atoms with Gasteiger partial charge in [0.1, 0.15) is 5.82 Å². The van der Waals surface area contributed by atoms with E-state index >= 15 is 0 Å². The molecule has 1 aromatic carbocycles. The number of hydrogen-bond acceptors (Lipinski definition) is 6. The Balaban J connectivity index is 1.83. The Bertz CT molecular complexity index is 808. The van der Waals surface area contributed by atoms with Crippen molar-refractivity contribution in [3.63, 3.8) is 0 Å². The van der Waals surface area contributed by atoms with Crippen molar-refractivity contribution in [2.45, 2.75) is 44.5 Å². The lowest BCUT2D eigenvalue weighted by molar-refractivity contribution is 0.382. The SMILES string of the molecule is Cc1ccccc1-n1c(C)nnc1SCc1nc(C(C)C)no1. The third-order valence-corrected chi connectivity index (χ3v) is 4.39. The third kappa shape index (κ3) is 3.29. The van der Waals surface area contributed by atoms with Crippen LogP contribution in [0, 0.1) is 13.8 Å². The van der Waals surface area contributed by atoms with Gasteiger partial charge >= 0.3 is 0 Å². The van der Waals surface area contributed by atoms with Crippen molar-refractivity contribution in [3.8, 4) is 5.69 Å². The molecule has 0 N–H and O–H groups in total. The first-order chi connectivity index (χ1) is 11.1. The summed E-state index contributed by atoms with van der Waals surface area (Å²) in [5.41, 5.74) is 2.27. The van der Waals surface area contributed by atoms with Gasteiger partial charge < -0.3 is 4.52 Å². The molecule has 0 radical (unpaired) electrons. The molecule has 0 amide bonds. The maximum absolute atomic E-state index is 5.28. The highest BCUT2D eigenvalue weighted by molar-refractivity contribution is 7.98. The number of para-hydroxylation sites is 1. The van der Waals surface area contributed by atoms with E-state index in [1.54, 1.807) is 11.8 Å². The van der Waals surface area contributed by atoms with Crippen LogP contribution in [0.1, 0.15) is 42.9 Å². The highest BCUT2D eigenvalue weighted by atomic mass is 32.2. The van der Waals surface area contributed by atoms with Gasteiger partial charge in [-0.2, -0.15) is 4.98 Å². The fourth-order valence-corrected chi connectivity index (χ4v) is 3.04. The van der Waals surface area contributed by atoms with Crippen LogP contribution in [0.2, 0.25) is 0 Å². The zero-order valence-corrected chi connectivity index (χ0v) is 14.5. The molecule has 0 unspecified atom stereocenters. The number of thioether (sulfide) groups is 1. The first-order valence-electron chi connectivity index (χ1n) is 7.49. The van der Waals surface area contributed by atoms with Gasteiger partial charge in [-0.25, -0.2) is 0 Å². The Kier molecular flexibility index (Phi) is 4.47. The molecule has 0 saturated heterocycles. The summed E-state index contributed by atoms with van der Waals surface area (Å²) < 4.78 is 7.34. The van der Waals surface area contributed by atoms with Crippen LogP contribution in [0.5, 0.6) is 0 Å². The number of rotatable bonds is 5. The van der Waals surface area contributed by atoms with Crippen molar-refractivity contribution in [2.24, 2.45) is 0 Å². The number of nitrogens with zero attached hydrogens (tertiary/aromatic N) is 5. The lowest BCUT2D eigenvalue weighted by Gasteiger charge is -2.10. The Morgan fingerprint density at radius 2 is 1.96 bits per heavy atom. The van der Waals surface area contributed by atoms with E-state index in [1.807, 2.05) is 32.9 Å². The molecule has 0 atom stereocenters. The van der Waals surface area contributed by atoms with Crippen LogP contribution in [0.3, 0.4) is 0 Å². The van der Waals surface area contributed by atoms with E-state index in [0.29, 0.717) is 11.6 Å². The van der Waals surface area contributed by atoms with Gasteiger partial charge in [-0.1, -0.05) is 49.0 Å². The second-order valence-corrected chi connectivity index (χ2v) is 6.58. The largest absolute Gasteiger partial charge is 0.338 e. The van der Waals surface area contributed by atoms with Crippen molar-refractivity contribution in [1.82, 2.24) is 24.9 Å². The quantitative estimate of drug-likeness (QED) is 0.665. The summed E-state index contributed by atoms with van der Waals surface area (Å²) >= 11 is 1.54. The molecule has 0 fully saturated rings. The van der Waals surface area contributed by atoms with Crippen LogP contribution >= 0.6 is 11.8 Å². The lowest BCUT2D eigenvalue weighted by atomic mass is 10.2. The molecule has 7 heteroatoms. The second kappa shape index (κ2) is 6.54. The Labute approximate surface area is 139 Å². The predicted molar refractivity (Wildman–Crippen MR) is 88.8 cm³/mol. The van der Waals surface area contributed by atoms with E-state index in [0.717, 1.165) is 22.5 Å². The van der Waals surface area contributed by atoms with Gasteiger partial charge in [-0.3, -0.25) is 4.57 Å². The smallest absolute Gasteiger partial charge is 0.237 e. The minimum absolute atomic E-state index is 0.260. The fourth-order valence-electron chi connectivity index (χ4n) is 2.22. The summed E-state index contributed by atoms with van der Waals surface area (Å²) in [6.07, 6.45) is 0. The maximum Gasteiger partial charge on any atom is 0.237 e. The van der Waals surface area contributed by atoms with Crippen LogP contribution in [0.4, 0.5) is 0 Å². The molecule has 0 aliphatic carbocycles. The predicted octanol–water partition coefficient (Wildman–Crippen LogP) is 3.68. The van der Waals surface area contributed by atoms with E-state index in [1.165, 1.54) is 5.56 Å². The van der Waals surface area contributed by atoms with Gasteiger partial charge in [0.05, 0.1) is 11.4 Å². The first kappa shape index (κ1) is 15.7. The summed E-state index contributed by atoms with van der Waals surface area (Å²) in [5, 5.41) is 13.3. The van der Waals surface area contributed by atoms with Gasteiger partial charge in [0.15, 0.2) is 11.0 Å². The summed E-state index contributed by atoms with van der Waals surface area (Å²) in [4.78, 5) is 4.40. The Hall–Kier alpha value is -2.15. The van der Waals surface area contributed by atoms with Crippen molar-refractivity contribution in [3.05, 3.63) is 47.4 Å². The van der Waals surface area contributed by atoms with Crippen LogP contribution in [0.15, 0.2) is 33.9 Å². The minimum atomic E-state index is 0.260. The molecule has 23 heavy (non-hydrogen) atoms. The van der Waals surface area contributed by atoms with Crippen LogP contribution in [-0.4, -0.2) is 24.9 Å². The Morgan fingerprint density at radius 3 is 2.65 bits per heavy atom. The molecule has 0 aliphatic heterocycles. The number of aryl methyl sites for hydroxylation is 2. The molecule has 6 nitrogen and oxygen atoms in total. The van der Waals surface area contributed by atoms with E-state index < -0.39 is 0 Å². The van der Waals surface area contributed by atoms with Crippen molar-refractivity contribution < 1.29 is 4.52 Å². The lowest BCUT2D eigenvalue weighted by Crippen LogP contribution is -2.01. The number of benzene rings is 1. The summed E-state index contributed by atoms with van der Waals surface area (Å²) in [6.45, 7) is 8.11. The molecular weight excluding hydrogens is 310 g/mol. The van der Waals surface area contributed by atoms with Crippen molar-refractivity contribution in [2.75, 3.05) is 0 Å². The zero-order valence-electron chi connectivity index (χ0n) is 13.6. The molecule has 0 saturated carbocycles. The highest BCUT2D eigenvalue weighted by Gasteiger charge is 2.15. The fraction of sp³-hybridized carbons (Fsp3) is 0.375. The van der Waals surface area contributed by atoms with Crippen molar-refractivity contribution in [1.29, 1.82) is 0 Å². The summed E-state index contributed by atoms with van der Waals surface area (Å²) in [7, 11) is 0. The normalized spacial score (nSPS) is 11.3. The molecular formula is C16H19N5OS. The topological polar surface area (TPSA) is 69.6 Å². The molecule has 0 aliphatic rings. The number of aromatic nitrogens is 5. The minimum Gasteiger partial charge on any atom is -0.338 e. The highest BCUT2D eigenvalue weighted by Crippen LogP contribution is 2.26. The van der Waals surface area contributed by atoms with Gasteiger partial charge in [-0.15, -0.1) is 10.2 Å². The standard InChI is InChI=1S/C16H19N5OS/c1-10(2)15-17-14(22-20-15)9-23-16-19-18-12(4)21(16)13-8-6-5-7-11(13)3/h5-8,10H,9H2,1-4H3. The second-order valence-electron chi connectivity index (χ2n) is 5.64. The van der Waals surface area contributed by atoms with Gasteiger partial charge in [0.2, 0.25) is 5.89 Å². The van der Waals surface area contributed by atoms with Crippen molar-refractivity contribution >= 4 is 11.8 Å². The maximum atomic E-state index is 5.28.